The Hall–Kier alpha value is -0.740. The van der Waals surface area contributed by atoms with Crippen molar-refractivity contribution in [3.63, 3.8) is 0 Å². The molecule has 0 aliphatic rings. The Bertz CT molecular complexity index is 320. The lowest BCUT2D eigenvalue weighted by molar-refractivity contribution is 0.0967. The summed E-state index contributed by atoms with van der Waals surface area (Å²) in [6, 6.07) is 5.88. The number of methoxy groups -OCH3 is 1. The van der Waals surface area contributed by atoms with Crippen LogP contribution in [0.15, 0.2) is 18.2 Å². The average Bonchev–Trinajstić information content (AvgIpc) is 2.42. The second-order valence-electron chi connectivity index (χ2n) is 3.90. The maximum Gasteiger partial charge on any atom is 0.165 e. The van der Waals surface area contributed by atoms with Gasteiger partial charge in [-0.3, -0.25) is 0 Å². The minimum absolute atomic E-state index is 0.546. The van der Waals surface area contributed by atoms with E-state index >= 15 is 0 Å². The van der Waals surface area contributed by atoms with Crippen molar-refractivity contribution < 1.29 is 14.2 Å². The predicted molar refractivity (Wildman–Crippen MR) is 76.8 cm³/mol. The maximum atomic E-state index is 5.75. The van der Waals surface area contributed by atoms with Gasteiger partial charge in [0.15, 0.2) is 11.5 Å². The third-order valence-corrected chi connectivity index (χ3v) is 3.14. The molecule has 0 bridgehead atoms. The van der Waals surface area contributed by atoms with Crippen molar-refractivity contribution >= 4 is 15.9 Å². The number of rotatable bonds is 9. The Kier molecular flexibility index (Phi) is 7.85. The standard InChI is InChI=1S/C14H21BrO3/c1-3-4-8-17-9-10-18-14-12(11-15)6-5-7-13(14)16-2/h5-7H,3-4,8-11H2,1-2H3. The van der Waals surface area contributed by atoms with Crippen LogP contribution >= 0.6 is 15.9 Å². The summed E-state index contributed by atoms with van der Waals surface area (Å²) in [5.41, 5.74) is 1.09. The maximum absolute atomic E-state index is 5.75. The SMILES string of the molecule is CCCCOCCOc1c(CBr)cccc1OC. The molecule has 0 amide bonds. The van der Waals surface area contributed by atoms with Gasteiger partial charge in [0.2, 0.25) is 0 Å². The van der Waals surface area contributed by atoms with E-state index in [1.54, 1.807) is 7.11 Å². The van der Waals surface area contributed by atoms with Crippen molar-refractivity contribution in [2.75, 3.05) is 26.9 Å². The zero-order valence-electron chi connectivity index (χ0n) is 11.1. The van der Waals surface area contributed by atoms with E-state index in [9.17, 15) is 0 Å². The van der Waals surface area contributed by atoms with Gasteiger partial charge in [-0.2, -0.15) is 0 Å². The first kappa shape index (κ1) is 15.3. The molecule has 0 aromatic heterocycles. The molecule has 0 saturated carbocycles. The Morgan fingerprint density at radius 1 is 1.17 bits per heavy atom. The van der Waals surface area contributed by atoms with E-state index in [1.165, 1.54) is 0 Å². The molecule has 102 valence electrons. The summed E-state index contributed by atoms with van der Waals surface area (Å²) < 4.78 is 16.5. The second-order valence-corrected chi connectivity index (χ2v) is 4.46. The quantitative estimate of drug-likeness (QED) is 0.512. The van der Waals surface area contributed by atoms with Gasteiger partial charge >= 0.3 is 0 Å². The minimum Gasteiger partial charge on any atom is -0.493 e. The van der Waals surface area contributed by atoms with Crippen molar-refractivity contribution in [2.24, 2.45) is 0 Å². The Balaban J connectivity index is 2.45. The molecule has 0 aliphatic heterocycles. The molecule has 1 aromatic rings. The van der Waals surface area contributed by atoms with Crippen LogP contribution in [0.2, 0.25) is 0 Å². The van der Waals surface area contributed by atoms with E-state index < -0.39 is 0 Å². The van der Waals surface area contributed by atoms with Crippen LogP contribution in [-0.4, -0.2) is 26.9 Å². The highest BCUT2D eigenvalue weighted by Gasteiger charge is 2.09. The summed E-state index contributed by atoms with van der Waals surface area (Å²) in [5, 5.41) is 0.746. The van der Waals surface area contributed by atoms with Crippen molar-refractivity contribution in [1.29, 1.82) is 0 Å². The fraction of sp³-hybridized carbons (Fsp3) is 0.571. The molecule has 18 heavy (non-hydrogen) atoms. The van der Waals surface area contributed by atoms with Crippen LogP contribution in [0.4, 0.5) is 0 Å². The Morgan fingerprint density at radius 3 is 2.67 bits per heavy atom. The molecule has 0 spiro atoms. The molecule has 0 radical (unpaired) electrons. The van der Waals surface area contributed by atoms with E-state index in [1.807, 2.05) is 18.2 Å². The molecule has 0 unspecified atom stereocenters. The third kappa shape index (κ3) is 4.86. The fourth-order valence-electron chi connectivity index (χ4n) is 1.54. The summed E-state index contributed by atoms with van der Waals surface area (Å²) in [4.78, 5) is 0. The first-order valence-electron chi connectivity index (χ1n) is 6.25. The van der Waals surface area contributed by atoms with Gasteiger partial charge in [0.25, 0.3) is 0 Å². The van der Waals surface area contributed by atoms with E-state index in [2.05, 4.69) is 22.9 Å². The minimum atomic E-state index is 0.546. The number of hydrogen-bond acceptors (Lipinski definition) is 3. The van der Waals surface area contributed by atoms with Gasteiger partial charge in [0.05, 0.1) is 13.7 Å². The van der Waals surface area contributed by atoms with Gasteiger partial charge in [-0.25, -0.2) is 0 Å². The van der Waals surface area contributed by atoms with E-state index in [-0.39, 0.29) is 0 Å². The van der Waals surface area contributed by atoms with Gasteiger partial charge in [-0.05, 0) is 12.5 Å². The molecular weight excluding hydrogens is 296 g/mol. The normalized spacial score (nSPS) is 10.4. The van der Waals surface area contributed by atoms with Crippen molar-refractivity contribution in [3.8, 4) is 11.5 Å². The number of unbranched alkanes of at least 4 members (excludes halogenated alkanes) is 1. The van der Waals surface area contributed by atoms with Crippen molar-refractivity contribution in [2.45, 2.75) is 25.1 Å². The first-order chi connectivity index (χ1) is 8.83. The fourth-order valence-corrected chi connectivity index (χ4v) is 1.98. The number of ether oxygens (including phenoxy) is 3. The van der Waals surface area contributed by atoms with Crippen LogP contribution < -0.4 is 9.47 Å². The lowest BCUT2D eigenvalue weighted by atomic mass is 10.2. The summed E-state index contributed by atoms with van der Waals surface area (Å²) >= 11 is 3.45. The molecular formula is C14H21BrO3. The third-order valence-electron chi connectivity index (χ3n) is 2.54. The van der Waals surface area contributed by atoms with Crippen LogP contribution in [0.1, 0.15) is 25.3 Å². The molecule has 1 rings (SSSR count). The van der Waals surface area contributed by atoms with E-state index in [4.69, 9.17) is 14.2 Å². The number of hydrogen-bond donors (Lipinski definition) is 0. The van der Waals surface area contributed by atoms with Gasteiger partial charge in [-0.15, -0.1) is 0 Å². The molecule has 0 heterocycles. The number of para-hydroxylation sites is 1. The molecule has 0 atom stereocenters. The monoisotopic (exact) mass is 316 g/mol. The van der Waals surface area contributed by atoms with Crippen LogP contribution in [0.25, 0.3) is 0 Å². The summed E-state index contributed by atoms with van der Waals surface area (Å²) in [6.45, 7) is 4.11. The van der Waals surface area contributed by atoms with Gasteiger partial charge in [0.1, 0.15) is 6.61 Å². The topological polar surface area (TPSA) is 27.7 Å². The molecule has 1 aromatic carbocycles. The van der Waals surface area contributed by atoms with E-state index in [0.717, 1.165) is 41.8 Å². The summed E-state index contributed by atoms with van der Waals surface area (Å²) in [7, 11) is 1.65. The smallest absolute Gasteiger partial charge is 0.165 e. The Morgan fingerprint density at radius 2 is 2.00 bits per heavy atom. The lowest BCUT2D eigenvalue weighted by Crippen LogP contribution is -2.09. The summed E-state index contributed by atoms with van der Waals surface area (Å²) in [6.07, 6.45) is 2.25. The second kappa shape index (κ2) is 9.22. The lowest BCUT2D eigenvalue weighted by Gasteiger charge is -2.14. The Labute approximate surface area is 118 Å². The highest BCUT2D eigenvalue weighted by atomic mass is 79.9. The number of benzene rings is 1. The molecule has 3 nitrogen and oxygen atoms in total. The van der Waals surface area contributed by atoms with Crippen LogP contribution in [0.5, 0.6) is 11.5 Å². The van der Waals surface area contributed by atoms with Crippen molar-refractivity contribution in [3.05, 3.63) is 23.8 Å². The largest absolute Gasteiger partial charge is 0.493 e. The number of halogens is 1. The molecule has 0 fully saturated rings. The number of alkyl halides is 1. The van der Waals surface area contributed by atoms with Gasteiger partial charge in [0, 0.05) is 17.5 Å². The van der Waals surface area contributed by atoms with Crippen LogP contribution in [0, 0.1) is 0 Å². The first-order valence-corrected chi connectivity index (χ1v) is 7.38. The highest BCUT2D eigenvalue weighted by molar-refractivity contribution is 9.08. The predicted octanol–water partition coefficient (Wildman–Crippen LogP) is 3.79. The molecule has 0 N–H and O–H groups in total. The van der Waals surface area contributed by atoms with Gasteiger partial charge < -0.3 is 14.2 Å². The highest BCUT2D eigenvalue weighted by Crippen LogP contribution is 2.32. The molecule has 0 saturated heterocycles. The van der Waals surface area contributed by atoms with Crippen molar-refractivity contribution in [1.82, 2.24) is 0 Å². The zero-order valence-corrected chi connectivity index (χ0v) is 12.7. The molecule has 4 heteroatoms. The zero-order chi connectivity index (χ0) is 13.2. The molecule has 0 aliphatic carbocycles. The van der Waals surface area contributed by atoms with Crippen LogP contribution in [0.3, 0.4) is 0 Å². The van der Waals surface area contributed by atoms with Crippen LogP contribution in [-0.2, 0) is 10.1 Å². The van der Waals surface area contributed by atoms with E-state index in [0.29, 0.717) is 13.2 Å². The summed E-state index contributed by atoms with van der Waals surface area (Å²) in [5.74, 6) is 1.57. The average molecular weight is 317 g/mol. The van der Waals surface area contributed by atoms with Gasteiger partial charge in [-0.1, -0.05) is 41.4 Å².